The highest BCUT2D eigenvalue weighted by Crippen LogP contribution is 2.44. The summed E-state index contributed by atoms with van der Waals surface area (Å²) < 4.78 is 1.95. The second-order valence-electron chi connectivity index (χ2n) is 4.03. The standard InChI is InChI=1S/C10H12N2O/c13-10-4-3-8(7-1-2-7)12-9(10)5-6-11-12/h5-8H,1-4H2. The molecule has 0 aromatic carbocycles. The molecule has 0 spiro atoms. The number of fused-ring (bicyclic) bond motifs is 1. The van der Waals surface area contributed by atoms with E-state index in [1.807, 2.05) is 10.7 Å². The summed E-state index contributed by atoms with van der Waals surface area (Å²) >= 11 is 0. The molecule has 3 rings (SSSR count). The molecule has 3 nitrogen and oxygen atoms in total. The minimum absolute atomic E-state index is 0.259. The van der Waals surface area contributed by atoms with Crippen LogP contribution >= 0.6 is 0 Å². The maximum atomic E-state index is 11.5. The van der Waals surface area contributed by atoms with Gasteiger partial charge in [0.15, 0.2) is 5.78 Å². The summed E-state index contributed by atoms with van der Waals surface area (Å²) in [5.41, 5.74) is 0.822. The number of hydrogen-bond acceptors (Lipinski definition) is 2. The Kier molecular flexibility index (Phi) is 1.37. The van der Waals surface area contributed by atoms with Crippen molar-refractivity contribution in [3.05, 3.63) is 18.0 Å². The predicted octanol–water partition coefficient (Wildman–Crippen LogP) is 1.81. The fourth-order valence-electron chi connectivity index (χ4n) is 2.25. The largest absolute Gasteiger partial charge is 0.292 e. The number of hydrogen-bond donors (Lipinski definition) is 0. The molecule has 1 saturated carbocycles. The smallest absolute Gasteiger partial charge is 0.180 e. The van der Waals surface area contributed by atoms with Gasteiger partial charge in [-0.05, 0) is 31.2 Å². The van der Waals surface area contributed by atoms with Gasteiger partial charge in [0.2, 0.25) is 0 Å². The van der Waals surface area contributed by atoms with Crippen LogP contribution in [0.25, 0.3) is 0 Å². The van der Waals surface area contributed by atoms with E-state index in [0.29, 0.717) is 12.5 Å². The lowest BCUT2D eigenvalue weighted by Crippen LogP contribution is -2.24. The van der Waals surface area contributed by atoms with E-state index >= 15 is 0 Å². The topological polar surface area (TPSA) is 34.9 Å². The fourth-order valence-corrected chi connectivity index (χ4v) is 2.25. The van der Waals surface area contributed by atoms with E-state index in [9.17, 15) is 4.79 Å². The second kappa shape index (κ2) is 2.44. The Morgan fingerprint density at radius 3 is 3.00 bits per heavy atom. The van der Waals surface area contributed by atoms with Gasteiger partial charge in [0.1, 0.15) is 5.69 Å². The van der Waals surface area contributed by atoms with Crippen molar-refractivity contribution in [3.8, 4) is 0 Å². The van der Waals surface area contributed by atoms with Crippen molar-refractivity contribution in [2.24, 2.45) is 5.92 Å². The highest BCUT2D eigenvalue weighted by atomic mass is 16.1. The summed E-state index contributed by atoms with van der Waals surface area (Å²) in [4.78, 5) is 11.5. The van der Waals surface area contributed by atoms with Crippen LogP contribution in [0.2, 0.25) is 0 Å². The molecule has 13 heavy (non-hydrogen) atoms. The van der Waals surface area contributed by atoms with Crippen LogP contribution in [0.3, 0.4) is 0 Å². The summed E-state index contributed by atoms with van der Waals surface area (Å²) in [6.45, 7) is 0. The summed E-state index contributed by atoms with van der Waals surface area (Å²) in [5.74, 6) is 1.06. The van der Waals surface area contributed by atoms with E-state index in [-0.39, 0.29) is 5.78 Å². The third kappa shape index (κ3) is 1.03. The molecule has 1 aliphatic carbocycles. The van der Waals surface area contributed by atoms with E-state index in [1.165, 1.54) is 12.8 Å². The molecule has 1 aliphatic heterocycles. The Bertz CT molecular complexity index is 352. The molecule has 2 heterocycles. The van der Waals surface area contributed by atoms with Crippen LogP contribution in [0, 0.1) is 5.92 Å². The summed E-state index contributed by atoms with van der Waals surface area (Å²) in [6.07, 6.45) is 6.09. The first-order valence-corrected chi connectivity index (χ1v) is 4.93. The Morgan fingerprint density at radius 1 is 1.38 bits per heavy atom. The first-order valence-electron chi connectivity index (χ1n) is 4.93. The van der Waals surface area contributed by atoms with Crippen molar-refractivity contribution in [2.45, 2.75) is 31.7 Å². The Labute approximate surface area is 76.7 Å². The number of ketones is 1. The molecule has 0 N–H and O–H groups in total. The number of nitrogens with zero attached hydrogens (tertiary/aromatic N) is 2. The van der Waals surface area contributed by atoms with E-state index in [0.717, 1.165) is 18.0 Å². The molecule has 0 amide bonds. The Balaban J connectivity index is 2.03. The Morgan fingerprint density at radius 2 is 2.23 bits per heavy atom. The number of carbonyl (C=O) groups excluding carboxylic acids is 1. The zero-order valence-corrected chi connectivity index (χ0v) is 7.44. The van der Waals surface area contributed by atoms with Crippen LogP contribution in [-0.2, 0) is 0 Å². The SMILES string of the molecule is O=C1CCC(C2CC2)n2nccc21. The lowest BCUT2D eigenvalue weighted by molar-refractivity contribution is 0.0931. The molecule has 1 aromatic heterocycles. The summed E-state index contributed by atoms with van der Waals surface area (Å²) in [5, 5.41) is 4.25. The van der Waals surface area contributed by atoms with Crippen molar-refractivity contribution in [1.29, 1.82) is 0 Å². The van der Waals surface area contributed by atoms with Gasteiger partial charge >= 0.3 is 0 Å². The molecule has 68 valence electrons. The van der Waals surface area contributed by atoms with Gasteiger partial charge in [-0.25, -0.2) is 0 Å². The minimum atomic E-state index is 0.259. The van der Waals surface area contributed by atoms with Crippen LogP contribution in [0.1, 0.15) is 42.2 Å². The van der Waals surface area contributed by atoms with E-state index in [4.69, 9.17) is 0 Å². The number of rotatable bonds is 1. The molecule has 0 bridgehead atoms. The molecule has 3 heteroatoms. The maximum Gasteiger partial charge on any atom is 0.180 e. The van der Waals surface area contributed by atoms with Gasteiger partial charge in [-0.3, -0.25) is 9.48 Å². The van der Waals surface area contributed by atoms with Crippen molar-refractivity contribution < 1.29 is 4.79 Å². The normalized spacial score (nSPS) is 27.4. The molecule has 2 aliphatic rings. The quantitative estimate of drug-likeness (QED) is 0.654. The Hall–Kier alpha value is -1.12. The monoisotopic (exact) mass is 176 g/mol. The average Bonchev–Trinajstić information content (AvgIpc) is 2.83. The van der Waals surface area contributed by atoms with E-state index < -0.39 is 0 Å². The van der Waals surface area contributed by atoms with Gasteiger partial charge in [-0.1, -0.05) is 0 Å². The first kappa shape index (κ1) is 7.30. The van der Waals surface area contributed by atoms with Crippen LogP contribution in [-0.4, -0.2) is 15.6 Å². The van der Waals surface area contributed by atoms with Gasteiger partial charge in [-0.2, -0.15) is 5.10 Å². The van der Waals surface area contributed by atoms with Crippen LogP contribution in [0.4, 0.5) is 0 Å². The van der Waals surface area contributed by atoms with Crippen molar-refractivity contribution in [3.63, 3.8) is 0 Å². The maximum absolute atomic E-state index is 11.5. The summed E-state index contributed by atoms with van der Waals surface area (Å²) in [6, 6.07) is 2.36. The molecule has 1 aromatic rings. The van der Waals surface area contributed by atoms with Crippen molar-refractivity contribution in [2.75, 3.05) is 0 Å². The van der Waals surface area contributed by atoms with Crippen LogP contribution in [0.15, 0.2) is 12.3 Å². The first-order chi connectivity index (χ1) is 6.36. The third-order valence-electron chi connectivity index (χ3n) is 3.10. The highest BCUT2D eigenvalue weighted by Gasteiger charge is 2.37. The molecular formula is C10H12N2O. The van der Waals surface area contributed by atoms with Gasteiger partial charge in [-0.15, -0.1) is 0 Å². The van der Waals surface area contributed by atoms with Crippen LogP contribution in [0.5, 0.6) is 0 Å². The zero-order valence-electron chi connectivity index (χ0n) is 7.44. The number of Topliss-reactive ketones (excluding diaryl/α,β-unsaturated/α-hetero) is 1. The molecule has 0 radical (unpaired) electrons. The molecular weight excluding hydrogens is 164 g/mol. The fraction of sp³-hybridized carbons (Fsp3) is 0.600. The molecule has 0 saturated heterocycles. The number of aromatic nitrogens is 2. The van der Waals surface area contributed by atoms with Crippen molar-refractivity contribution >= 4 is 5.78 Å². The van der Waals surface area contributed by atoms with E-state index in [1.54, 1.807) is 6.20 Å². The lowest BCUT2D eigenvalue weighted by atomic mass is 9.99. The van der Waals surface area contributed by atoms with E-state index in [2.05, 4.69) is 5.10 Å². The minimum Gasteiger partial charge on any atom is -0.292 e. The van der Waals surface area contributed by atoms with Crippen molar-refractivity contribution in [1.82, 2.24) is 9.78 Å². The zero-order chi connectivity index (χ0) is 8.84. The lowest BCUT2D eigenvalue weighted by Gasteiger charge is -2.23. The van der Waals surface area contributed by atoms with Gasteiger partial charge in [0.05, 0.1) is 6.04 Å². The van der Waals surface area contributed by atoms with Gasteiger partial charge in [0.25, 0.3) is 0 Å². The predicted molar refractivity (Wildman–Crippen MR) is 47.6 cm³/mol. The van der Waals surface area contributed by atoms with Gasteiger partial charge < -0.3 is 0 Å². The van der Waals surface area contributed by atoms with Crippen LogP contribution < -0.4 is 0 Å². The summed E-state index contributed by atoms with van der Waals surface area (Å²) in [7, 11) is 0. The average molecular weight is 176 g/mol. The number of carbonyl (C=O) groups is 1. The highest BCUT2D eigenvalue weighted by molar-refractivity contribution is 5.95. The molecule has 1 atom stereocenters. The second-order valence-corrected chi connectivity index (χ2v) is 4.03. The van der Waals surface area contributed by atoms with Gasteiger partial charge in [0, 0.05) is 12.6 Å². The molecule has 1 fully saturated rings. The molecule has 1 unspecified atom stereocenters. The third-order valence-corrected chi connectivity index (χ3v) is 3.10.